The minimum atomic E-state index is -2.97. The number of benzene rings is 2. The van der Waals surface area contributed by atoms with Gasteiger partial charge >= 0.3 is 12.6 Å². The Morgan fingerprint density at radius 3 is 2.69 bits per heavy atom. The number of nitrogens with one attached hydrogen (secondary N) is 1. The van der Waals surface area contributed by atoms with E-state index >= 15 is 0 Å². The second kappa shape index (κ2) is 10.5. The van der Waals surface area contributed by atoms with E-state index in [4.69, 9.17) is 4.74 Å². The second-order valence-corrected chi connectivity index (χ2v) is 10.1. The number of phenolic OH excluding ortho intramolecular Hbond substituents is 1. The molecule has 0 radical (unpaired) electrons. The van der Waals surface area contributed by atoms with Crippen molar-refractivity contribution in [3.63, 3.8) is 0 Å². The Morgan fingerprint density at radius 1 is 1.21 bits per heavy atom. The van der Waals surface area contributed by atoms with Gasteiger partial charge in [-0.2, -0.15) is 8.78 Å². The van der Waals surface area contributed by atoms with Crippen molar-refractivity contribution in [3.8, 4) is 11.5 Å². The third kappa shape index (κ3) is 4.70. The van der Waals surface area contributed by atoms with Crippen molar-refractivity contribution in [1.29, 1.82) is 0 Å². The van der Waals surface area contributed by atoms with Crippen LogP contribution >= 0.6 is 0 Å². The van der Waals surface area contributed by atoms with Crippen LogP contribution in [0.25, 0.3) is 10.9 Å². The lowest BCUT2D eigenvalue weighted by Crippen LogP contribution is -2.53. The van der Waals surface area contributed by atoms with Gasteiger partial charge in [0.1, 0.15) is 23.1 Å². The molecule has 2 N–H and O–H groups in total. The van der Waals surface area contributed by atoms with Gasteiger partial charge in [-0.3, -0.25) is 19.5 Å². The van der Waals surface area contributed by atoms with Crippen LogP contribution < -0.4 is 4.74 Å². The number of likely N-dealkylation sites (N-methyl/N-ethyl adjacent to an activating group) is 1. The first-order chi connectivity index (χ1) is 18.7. The van der Waals surface area contributed by atoms with Gasteiger partial charge in [0.05, 0.1) is 6.61 Å². The molecule has 3 aromatic rings. The number of fused-ring (bicyclic) bond motifs is 4. The summed E-state index contributed by atoms with van der Waals surface area (Å²) < 4.78 is 35.7. The molecule has 2 atom stereocenters. The molecule has 39 heavy (non-hydrogen) atoms. The Balaban J connectivity index is 1.58. The van der Waals surface area contributed by atoms with Gasteiger partial charge in [-0.1, -0.05) is 19.1 Å². The number of hydrogen-bond donors (Lipinski definition) is 2. The lowest BCUT2D eigenvalue weighted by atomic mass is 9.81. The van der Waals surface area contributed by atoms with Gasteiger partial charge in [-0.25, -0.2) is 4.79 Å². The van der Waals surface area contributed by atoms with E-state index in [0.29, 0.717) is 41.9 Å². The monoisotopic (exact) mass is 542 g/mol. The molecule has 0 bridgehead atoms. The largest absolute Gasteiger partial charge is 0.508 e. The summed E-state index contributed by atoms with van der Waals surface area (Å²) in [7, 11) is 1.63. The SMILES string of the molecule is CCN(CCOC)CCN1C(=O)N2[C@H](c3cccc(O)c3)c3[nH]c4ccc(OC(F)F)cc4c3C[C@@]2(C)C1=O. The smallest absolute Gasteiger partial charge is 0.387 e. The molecule has 2 aliphatic heterocycles. The zero-order valence-corrected chi connectivity index (χ0v) is 22.1. The van der Waals surface area contributed by atoms with Gasteiger partial charge < -0.3 is 19.6 Å². The molecule has 5 rings (SSSR count). The zero-order valence-electron chi connectivity index (χ0n) is 22.1. The summed E-state index contributed by atoms with van der Waals surface area (Å²) in [6, 6.07) is 10.1. The van der Waals surface area contributed by atoms with Gasteiger partial charge in [0.25, 0.3) is 5.91 Å². The molecule has 1 fully saturated rings. The number of H-pyrrole nitrogens is 1. The van der Waals surface area contributed by atoms with Crippen molar-refractivity contribution in [3.05, 3.63) is 59.3 Å². The van der Waals surface area contributed by atoms with Gasteiger partial charge in [0, 0.05) is 49.8 Å². The molecule has 0 unspecified atom stereocenters. The molecule has 3 amide bonds. The topological polar surface area (TPSA) is 98.3 Å². The molecular weight excluding hydrogens is 510 g/mol. The average molecular weight is 543 g/mol. The lowest BCUT2D eigenvalue weighted by molar-refractivity contribution is -0.133. The average Bonchev–Trinajstić information content (AvgIpc) is 3.34. The molecule has 3 heterocycles. The summed E-state index contributed by atoms with van der Waals surface area (Å²) in [6.45, 7) is 3.46. The minimum Gasteiger partial charge on any atom is -0.508 e. The first-order valence-corrected chi connectivity index (χ1v) is 12.9. The van der Waals surface area contributed by atoms with Crippen LogP contribution in [0.5, 0.6) is 11.5 Å². The van der Waals surface area contributed by atoms with E-state index in [1.807, 2.05) is 6.92 Å². The van der Waals surface area contributed by atoms with Crippen LogP contribution in [0.3, 0.4) is 0 Å². The number of rotatable bonds is 10. The fourth-order valence-electron chi connectivity index (χ4n) is 5.80. The Morgan fingerprint density at radius 2 is 2.00 bits per heavy atom. The van der Waals surface area contributed by atoms with Crippen LogP contribution in [-0.4, -0.2) is 88.8 Å². The fourth-order valence-corrected chi connectivity index (χ4v) is 5.80. The first-order valence-electron chi connectivity index (χ1n) is 12.9. The molecule has 2 aliphatic rings. The molecule has 0 aliphatic carbocycles. The van der Waals surface area contributed by atoms with Gasteiger partial charge in [0.15, 0.2) is 0 Å². The maximum atomic E-state index is 13.9. The summed E-state index contributed by atoms with van der Waals surface area (Å²) in [5.41, 5.74) is 1.48. The highest BCUT2D eigenvalue weighted by molar-refractivity contribution is 6.08. The zero-order chi connectivity index (χ0) is 27.9. The molecule has 0 spiro atoms. The number of urea groups is 1. The number of aromatic nitrogens is 1. The summed E-state index contributed by atoms with van der Waals surface area (Å²) in [4.78, 5) is 36.2. The van der Waals surface area contributed by atoms with E-state index < -0.39 is 24.2 Å². The predicted octanol–water partition coefficient (Wildman–Crippen LogP) is 4.11. The number of methoxy groups -OCH3 is 1. The number of aromatic hydroxyl groups is 1. The number of phenols is 1. The maximum absolute atomic E-state index is 13.9. The van der Waals surface area contributed by atoms with E-state index in [-0.39, 0.29) is 30.4 Å². The third-order valence-electron chi connectivity index (χ3n) is 7.75. The highest BCUT2D eigenvalue weighted by Gasteiger charge is 2.60. The van der Waals surface area contributed by atoms with E-state index in [1.54, 1.807) is 43.2 Å². The van der Waals surface area contributed by atoms with Crippen LogP contribution in [0.1, 0.15) is 36.7 Å². The normalized spacial score (nSPS) is 20.8. The summed E-state index contributed by atoms with van der Waals surface area (Å²) in [5.74, 6) is -0.288. The molecule has 208 valence electrons. The quantitative estimate of drug-likeness (QED) is 0.374. The van der Waals surface area contributed by atoms with Crippen LogP contribution in [-0.2, 0) is 16.0 Å². The number of alkyl halides is 2. The molecule has 2 aromatic carbocycles. The predicted molar refractivity (Wildman–Crippen MR) is 140 cm³/mol. The van der Waals surface area contributed by atoms with Crippen LogP contribution in [0.4, 0.5) is 13.6 Å². The number of halogens is 2. The summed E-state index contributed by atoms with van der Waals surface area (Å²) in [5, 5.41) is 10.9. The Bertz CT molecular complexity index is 1400. The van der Waals surface area contributed by atoms with E-state index in [0.717, 1.165) is 12.1 Å². The number of hydrogen-bond acceptors (Lipinski definition) is 6. The number of nitrogens with zero attached hydrogens (tertiary/aromatic N) is 3. The van der Waals surface area contributed by atoms with Crippen LogP contribution in [0, 0.1) is 0 Å². The van der Waals surface area contributed by atoms with Crippen molar-refractivity contribution in [2.24, 2.45) is 0 Å². The van der Waals surface area contributed by atoms with Gasteiger partial charge in [0.2, 0.25) is 0 Å². The fraction of sp³-hybridized carbons (Fsp3) is 0.429. The van der Waals surface area contributed by atoms with Crippen molar-refractivity contribution in [2.75, 3.05) is 39.9 Å². The van der Waals surface area contributed by atoms with E-state index in [2.05, 4.69) is 14.6 Å². The van der Waals surface area contributed by atoms with E-state index in [1.165, 1.54) is 23.1 Å². The molecule has 1 aromatic heterocycles. The number of amides is 3. The summed E-state index contributed by atoms with van der Waals surface area (Å²) >= 11 is 0. The summed E-state index contributed by atoms with van der Waals surface area (Å²) in [6.07, 6.45) is 0.192. The lowest BCUT2D eigenvalue weighted by Gasteiger charge is -2.42. The highest BCUT2D eigenvalue weighted by Crippen LogP contribution is 2.49. The van der Waals surface area contributed by atoms with Crippen molar-refractivity contribution < 1.29 is 33.0 Å². The third-order valence-corrected chi connectivity index (χ3v) is 7.75. The van der Waals surface area contributed by atoms with Crippen LogP contribution in [0.15, 0.2) is 42.5 Å². The molecule has 0 saturated carbocycles. The first kappa shape index (κ1) is 26.9. The molecule has 1 saturated heterocycles. The van der Waals surface area contributed by atoms with Crippen molar-refractivity contribution in [1.82, 2.24) is 19.7 Å². The molecule has 9 nitrogen and oxygen atoms in total. The molecular formula is C28H32F2N4O5. The molecule has 11 heteroatoms. The minimum absolute atomic E-state index is 0.00644. The number of ether oxygens (including phenoxy) is 2. The Labute approximate surface area is 224 Å². The van der Waals surface area contributed by atoms with Gasteiger partial charge in [-0.05, 0) is 54.9 Å². The highest BCUT2D eigenvalue weighted by atomic mass is 19.3. The number of carbonyl (C=O) groups excluding carboxylic acids is 2. The Hall–Kier alpha value is -3.70. The number of imide groups is 1. The van der Waals surface area contributed by atoms with Crippen molar-refractivity contribution in [2.45, 2.75) is 38.5 Å². The Kier molecular flexibility index (Phi) is 7.21. The van der Waals surface area contributed by atoms with Crippen molar-refractivity contribution >= 4 is 22.8 Å². The maximum Gasteiger partial charge on any atom is 0.387 e. The number of aromatic amines is 1. The second-order valence-electron chi connectivity index (χ2n) is 10.1. The van der Waals surface area contributed by atoms with Gasteiger partial charge in [-0.15, -0.1) is 0 Å². The standard InChI is InChI=1S/C28H32F2N4O5/c1-4-32(12-13-38-3)10-11-33-25(36)28(2)16-21-20-15-19(39-26(29)30)8-9-22(20)31-23(21)24(34(28)27(33)37)17-6-5-7-18(35)14-17/h5-9,14-15,24,26,31,35H,4,10-13,16H2,1-3H3/t24-,28+/m1/s1. The van der Waals surface area contributed by atoms with Crippen LogP contribution in [0.2, 0.25) is 0 Å². The van der Waals surface area contributed by atoms with E-state index in [9.17, 15) is 23.5 Å². The number of carbonyl (C=O) groups is 2.